The van der Waals surface area contributed by atoms with Crippen LogP contribution in [0.15, 0.2) is 23.1 Å². The Kier molecular flexibility index (Phi) is 2.97. The molecule has 0 aliphatic heterocycles. The second-order valence-electron chi connectivity index (χ2n) is 2.49. The standard InChI is InChI=1S/C8H10O5S/c1-12-7-4-3-6(14(9,10)11)5-8(7)13-2/h3-5H,1-2H3,(H,9,10,11). The second kappa shape index (κ2) is 3.85. The number of hydrogen-bond donors (Lipinski definition) is 1. The maximum absolute atomic E-state index is 10.8. The second-order valence-corrected chi connectivity index (χ2v) is 3.91. The Morgan fingerprint density at radius 2 is 1.71 bits per heavy atom. The number of ether oxygens (including phenoxy) is 2. The lowest BCUT2D eigenvalue weighted by Gasteiger charge is -2.07. The summed E-state index contributed by atoms with van der Waals surface area (Å²) in [5.74, 6) is 0.655. The van der Waals surface area contributed by atoms with E-state index in [1.807, 2.05) is 0 Å². The Hall–Kier alpha value is -1.27. The van der Waals surface area contributed by atoms with Gasteiger partial charge < -0.3 is 9.47 Å². The zero-order chi connectivity index (χ0) is 10.8. The molecule has 0 saturated heterocycles. The normalized spacial score (nSPS) is 11.1. The fourth-order valence-corrected chi connectivity index (χ4v) is 1.47. The van der Waals surface area contributed by atoms with Crippen molar-refractivity contribution >= 4 is 10.1 Å². The van der Waals surface area contributed by atoms with Gasteiger partial charge in [0.25, 0.3) is 10.1 Å². The number of benzene rings is 1. The van der Waals surface area contributed by atoms with Gasteiger partial charge in [-0.15, -0.1) is 0 Å². The molecule has 0 aliphatic carbocycles. The van der Waals surface area contributed by atoms with E-state index in [9.17, 15) is 8.42 Å². The van der Waals surface area contributed by atoms with E-state index >= 15 is 0 Å². The molecule has 0 saturated carbocycles. The van der Waals surface area contributed by atoms with E-state index in [0.29, 0.717) is 5.75 Å². The van der Waals surface area contributed by atoms with Crippen molar-refractivity contribution in [2.75, 3.05) is 14.2 Å². The molecule has 0 bridgehead atoms. The molecule has 0 aromatic heterocycles. The predicted octanol–water partition coefficient (Wildman–Crippen LogP) is 0.950. The van der Waals surface area contributed by atoms with Crippen molar-refractivity contribution in [1.29, 1.82) is 0 Å². The molecular formula is C8H10O5S. The van der Waals surface area contributed by atoms with Gasteiger partial charge in [-0.05, 0) is 12.1 Å². The van der Waals surface area contributed by atoms with Crippen LogP contribution in [-0.4, -0.2) is 27.2 Å². The monoisotopic (exact) mass is 218 g/mol. The van der Waals surface area contributed by atoms with Crippen molar-refractivity contribution in [3.63, 3.8) is 0 Å². The number of rotatable bonds is 3. The van der Waals surface area contributed by atoms with E-state index in [1.54, 1.807) is 0 Å². The third-order valence-electron chi connectivity index (χ3n) is 1.65. The Balaban J connectivity index is 3.28. The molecule has 1 rings (SSSR count). The minimum absolute atomic E-state index is 0.227. The molecule has 1 aromatic carbocycles. The SMILES string of the molecule is COc1ccc(S(=O)(=O)O)cc1OC. The van der Waals surface area contributed by atoms with Crippen LogP contribution in [0.3, 0.4) is 0 Å². The van der Waals surface area contributed by atoms with Crippen molar-refractivity contribution in [3.8, 4) is 11.5 Å². The molecule has 5 nitrogen and oxygen atoms in total. The molecule has 1 aromatic rings. The molecular weight excluding hydrogens is 208 g/mol. The highest BCUT2D eigenvalue weighted by atomic mass is 32.2. The van der Waals surface area contributed by atoms with Gasteiger partial charge in [0.2, 0.25) is 0 Å². The summed E-state index contributed by atoms with van der Waals surface area (Å²) < 4.78 is 40.0. The summed E-state index contributed by atoms with van der Waals surface area (Å²) in [7, 11) is -1.38. The topological polar surface area (TPSA) is 72.8 Å². The van der Waals surface area contributed by atoms with Crippen LogP contribution in [0, 0.1) is 0 Å². The highest BCUT2D eigenvalue weighted by Crippen LogP contribution is 2.29. The highest BCUT2D eigenvalue weighted by molar-refractivity contribution is 7.85. The highest BCUT2D eigenvalue weighted by Gasteiger charge is 2.13. The first kappa shape index (κ1) is 10.8. The van der Waals surface area contributed by atoms with E-state index < -0.39 is 10.1 Å². The molecule has 0 spiro atoms. The smallest absolute Gasteiger partial charge is 0.294 e. The van der Waals surface area contributed by atoms with Crippen molar-refractivity contribution in [1.82, 2.24) is 0 Å². The van der Waals surface area contributed by atoms with E-state index in [2.05, 4.69) is 0 Å². The van der Waals surface area contributed by atoms with Gasteiger partial charge in [0.15, 0.2) is 11.5 Å². The van der Waals surface area contributed by atoms with Crippen molar-refractivity contribution in [3.05, 3.63) is 18.2 Å². The maximum atomic E-state index is 10.8. The first-order valence-electron chi connectivity index (χ1n) is 3.68. The minimum Gasteiger partial charge on any atom is -0.493 e. The summed E-state index contributed by atoms with van der Waals surface area (Å²) >= 11 is 0. The molecule has 0 fully saturated rings. The third kappa shape index (κ3) is 2.15. The van der Waals surface area contributed by atoms with Crippen molar-refractivity contribution in [2.45, 2.75) is 4.90 Å². The van der Waals surface area contributed by atoms with Crippen LogP contribution < -0.4 is 9.47 Å². The molecule has 14 heavy (non-hydrogen) atoms. The lowest BCUT2D eigenvalue weighted by atomic mass is 10.3. The van der Waals surface area contributed by atoms with Crippen LogP contribution in [0.5, 0.6) is 11.5 Å². The molecule has 0 unspecified atom stereocenters. The summed E-state index contributed by atoms with van der Waals surface area (Å²) in [6.45, 7) is 0. The summed E-state index contributed by atoms with van der Waals surface area (Å²) in [4.78, 5) is -0.227. The molecule has 6 heteroatoms. The maximum Gasteiger partial charge on any atom is 0.294 e. The number of methoxy groups -OCH3 is 2. The fourth-order valence-electron chi connectivity index (χ4n) is 0.977. The van der Waals surface area contributed by atoms with Crippen LogP contribution in [0.4, 0.5) is 0 Å². The molecule has 0 heterocycles. The molecule has 0 aliphatic rings. The Morgan fingerprint density at radius 3 is 2.14 bits per heavy atom. The third-order valence-corrected chi connectivity index (χ3v) is 2.50. The summed E-state index contributed by atoms with van der Waals surface area (Å²) in [6, 6.07) is 3.83. The van der Waals surface area contributed by atoms with Gasteiger partial charge in [-0.2, -0.15) is 8.42 Å². The zero-order valence-electron chi connectivity index (χ0n) is 7.72. The van der Waals surface area contributed by atoms with E-state index in [1.165, 1.54) is 32.4 Å². The van der Waals surface area contributed by atoms with Crippen LogP contribution in [0.1, 0.15) is 0 Å². The molecule has 0 atom stereocenters. The van der Waals surface area contributed by atoms with E-state index in [0.717, 1.165) is 0 Å². The van der Waals surface area contributed by atoms with E-state index in [-0.39, 0.29) is 10.6 Å². The largest absolute Gasteiger partial charge is 0.493 e. The van der Waals surface area contributed by atoms with E-state index in [4.69, 9.17) is 14.0 Å². The van der Waals surface area contributed by atoms with Gasteiger partial charge in [-0.25, -0.2) is 0 Å². The van der Waals surface area contributed by atoms with Gasteiger partial charge >= 0.3 is 0 Å². The quantitative estimate of drug-likeness (QED) is 0.765. The summed E-state index contributed by atoms with van der Waals surface area (Å²) in [5, 5.41) is 0. The lowest BCUT2D eigenvalue weighted by molar-refractivity contribution is 0.353. The van der Waals surface area contributed by atoms with Gasteiger partial charge in [-0.1, -0.05) is 0 Å². The fraction of sp³-hybridized carbons (Fsp3) is 0.250. The first-order valence-corrected chi connectivity index (χ1v) is 5.12. The summed E-state index contributed by atoms with van der Waals surface area (Å²) in [6.07, 6.45) is 0. The van der Waals surface area contributed by atoms with Gasteiger partial charge in [0.1, 0.15) is 0 Å². The average Bonchev–Trinajstić information content (AvgIpc) is 2.15. The Bertz CT molecular complexity index is 423. The van der Waals surface area contributed by atoms with Crippen molar-refractivity contribution < 1.29 is 22.4 Å². The van der Waals surface area contributed by atoms with Gasteiger partial charge in [0, 0.05) is 6.07 Å². The molecule has 0 radical (unpaired) electrons. The zero-order valence-corrected chi connectivity index (χ0v) is 8.54. The van der Waals surface area contributed by atoms with Crippen LogP contribution >= 0.6 is 0 Å². The van der Waals surface area contributed by atoms with Crippen LogP contribution in [-0.2, 0) is 10.1 Å². The lowest BCUT2D eigenvalue weighted by Crippen LogP contribution is -1.99. The van der Waals surface area contributed by atoms with Gasteiger partial charge in [0.05, 0.1) is 19.1 Å². The number of hydrogen-bond acceptors (Lipinski definition) is 4. The molecule has 0 amide bonds. The van der Waals surface area contributed by atoms with Crippen LogP contribution in [0.25, 0.3) is 0 Å². The molecule has 1 N–H and O–H groups in total. The van der Waals surface area contributed by atoms with Crippen molar-refractivity contribution in [2.24, 2.45) is 0 Å². The molecule has 78 valence electrons. The van der Waals surface area contributed by atoms with Gasteiger partial charge in [-0.3, -0.25) is 4.55 Å². The van der Waals surface area contributed by atoms with Crippen LogP contribution in [0.2, 0.25) is 0 Å². The Labute approximate surface area is 82.0 Å². The Morgan fingerprint density at radius 1 is 1.14 bits per heavy atom. The minimum atomic E-state index is -4.20. The average molecular weight is 218 g/mol. The summed E-state index contributed by atoms with van der Waals surface area (Å²) in [5.41, 5.74) is 0. The first-order chi connectivity index (χ1) is 6.49. The predicted molar refractivity (Wildman–Crippen MR) is 49.4 cm³/mol.